The molecule has 1 aliphatic rings. The highest BCUT2D eigenvalue weighted by Gasteiger charge is 2.33. The predicted molar refractivity (Wildman–Crippen MR) is 77.3 cm³/mol. The Hall–Kier alpha value is -0.700. The normalized spacial score (nSPS) is 18.9. The molecule has 8 heteroatoms. The maximum Gasteiger partial charge on any atom is 0.243 e. The van der Waals surface area contributed by atoms with Crippen LogP contribution in [0.1, 0.15) is 19.8 Å². The van der Waals surface area contributed by atoms with Gasteiger partial charge in [-0.1, -0.05) is 0 Å². The van der Waals surface area contributed by atoms with Crippen LogP contribution in [-0.2, 0) is 14.8 Å². The van der Waals surface area contributed by atoms with E-state index in [-0.39, 0.29) is 15.1 Å². The summed E-state index contributed by atoms with van der Waals surface area (Å²) in [5.74, 6) is -0.598. The fourth-order valence-corrected chi connectivity index (χ4v) is 4.18. The first-order valence-corrected chi connectivity index (χ1v) is 8.37. The molecule has 0 aromatic heterocycles. The number of nitrogens with two attached hydrogens (primary N) is 1. The molecule has 1 heterocycles. The highest BCUT2D eigenvalue weighted by atomic mass is 79.9. The van der Waals surface area contributed by atoms with Crippen molar-refractivity contribution in [1.82, 2.24) is 4.72 Å². The first kappa shape index (κ1) is 15.7. The van der Waals surface area contributed by atoms with Gasteiger partial charge in [0.15, 0.2) is 0 Å². The number of sulfonamides is 1. The third-order valence-electron chi connectivity index (χ3n) is 3.32. The second-order valence-corrected chi connectivity index (χ2v) is 7.59. The van der Waals surface area contributed by atoms with E-state index in [0.717, 1.165) is 6.07 Å². The van der Waals surface area contributed by atoms with Gasteiger partial charge in [-0.05, 0) is 47.8 Å². The Labute approximate surface area is 125 Å². The molecule has 1 aliphatic heterocycles. The highest BCUT2D eigenvalue weighted by molar-refractivity contribution is 9.10. The lowest BCUT2D eigenvalue weighted by atomic mass is 9.94. The molecule has 0 amide bonds. The summed E-state index contributed by atoms with van der Waals surface area (Å²) in [6.45, 7) is 2.82. The van der Waals surface area contributed by atoms with Crippen LogP contribution >= 0.6 is 15.9 Å². The van der Waals surface area contributed by atoms with Crippen molar-refractivity contribution in [3.63, 3.8) is 0 Å². The molecular weight excluding hydrogens is 351 g/mol. The van der Waals surface area contributed by atoms with Crippen molar-refractivity contribution >= 4 is 31.6 Å². The van der Waals surface area contributed by atoms with E-state index in [0.29, 0.717) is 26.1 Å². The number of nitrogen functional groups attached to an aromatic ring is 1. The summed E-state index contributed by atoms with van der Waals surface area (Å²) in [6, 6.07) is 2.17. The lowest BCUT2D eigenvalue weighted by molar-refractivity contribution is 0.0537. The van der Waals surface area contributed by atoms with E-state index in [9.17, 15) is 12.8 Å². The minimum atomic E-state index is -3.82. The zero-order valence-electron chi connectivity index (χ0n) is 10.9. The molecule has 0 radical (unpaired) electrons. The molecule has 0 saturated carbocycles. The summed E-state index contributed by atoms with van der Waals surface area (Å²) in [5, 5.41) is 0. The molecular formula is C12H16BrFN2O3S. The monoisotopic (exact) mass is 366 g/mol. The van der Waals surface area contributed by atoms with Gasteiger partial charge in [0.1, 0.15) is 10.7 Å². The zero-order valence-corrected chi connectivity index (χ0v) is 13.4. The van der Waals surface area contributed by atoms with E-state index < -0.39 is 21.4 Å². The Morgan fingerprint density at radius 2 is 2.00 bits per heavy atom. The molecule has 1 saturated heterocycles. The Morgan fingerprint density at radius 1 is 1.40 bits per heavy atom. The minimum absolute atomic E-state index is 0.0594. The molecule has 1 aromatic rings. The number of hydrogen-bond acceptors (Lipinski definition) is 4. The van der Waals surface area contributed by atoms with Crippen molar-refractivity contribution < 1.29 is 17.5 Å². The average Bonchev–Trinajstić information content (AvgIpc) is 2.33. The van der Waals surface area contributed by atoms with E-state index in [4.69, 9.17) is 10.5 Å². The largest absolute Gasteiger partial charge is 0.398 e. The molecule has 1 aromatic carbocycles. The molecule has 0 unspecified atom stereocenters. The maximum atomic E-state index is 13.3. The van der Waals surface area contributed by atoms with Gasteiger partial charge >= 0.3 is 0 Å². The number of nitrogens with one attached hydrogen (secondary N) is 1. The fourth-order valence-electron chi connectivity index (χ4n) is 2.08. The van der Waals surface area contributed by atoms with Crippen LogP contribution in [0.3, 0.4) is 0 Å². The third kappa shape index (κ3) is 3.30. The topological polar surface area (TPSA) is 81.4 Å². The van der Waals surface area contributed by atoms with Crippen LogP contribution in [-0.4, -0.2) is 27.2 Å². The smallest absolute Gasteiger partial charge is 0.243 e. The Morgan fingerprint density at radius 3 is 2.60 bits per heavy atom. The van der Waals surface area contributed by atoms with Gasteiger partial charge in [-0.3, -0.25) is 0 Å². The zero-order chi connectivity index (χ0) is 15.0. The summed E-state index contributed by atoms with van der Waals surface area (Å²) >= 11 is 2.97. The van der Waals surface area contributed by atoms with E-state index in [1.165, 1.54) is 6.07 Å². The quantitative estimate of drug-likeness (QED) is 0.801. The number of hydrogen-bond donors (Lipinski definition) is 2. The van der Waals surface area contributed by atoms with Crippen LogP contribution < -0.4 is 10.5 Å². The van der Waals surface area contributed by atoms with Crippen LogP contribution in [0.4, 0.5) is 10.1 Å². The molecule has 0 atom stereocenters. The van der Waals surface area contributed by atoms with Gasteiger partial charge in [-0.25, -0.2) is 17.5 Å². The summed E-state index contributed by atoms with van der Waals surface area (Å²) in [7, 11) is -3.82. The molecule has 0 bridgehead atoms. The highest BCUT2D eigenvalue weighted by Crippen LogP contribution is 2.29. The van der Waals surface area contributed by atoms with Crippen molar-refractivity contribution in [2.45, 2.75) is 30.2 Å². The SMILES string of the molecule is CC1(NS(=O)(=O)c2cc(Br)c(F)cc2N)CCOCC1. The molecule has 3 N–H and O–H groups in total. The first-order valence-electron chi connectivity index (χ1n) is 6.10. The van der Waals surface area contributed by atoms with Gasteiger partial charge in [0.05, 0.1) is 10.2 Å². The number of rotatable bonds is 3. The predicted octanol–water partition coefficient (Wildman–Crippen LogP) is 2.02. The van der Waals surface area contributed by atoms with Gasteiger partial charge in [-0.15, -0.1) is 0 Å². The maximum absolute atomic E-state index is 13.3. The van der Waals surface area contributed by atoms with E-state index in [1.807, 2.05) is 6.92 Å². The van der Waals surface area contributed by atoms with Crippen LogP contribution in [0.5, 0.6) is 0 Å². The molecule has 0 spiro atoms. The Balaban J connectivity index is 2.33. The molecule has 112 valence electrons. The van der Waals surface area contributed by atoms with Gasteiger partial charge in [0, 0.05) is 18.8 Å². The van der Waals surface area contributed by atoms with Crippen molar-refractivity contribution in [2.24, 2.45) is 0 Å². The third-order valence-corrected chi connectivity index (χ3v) is 5.62. The van der Waals surface area contributed by atoms with Crippen molar-refractivity contribution in [1.29, 1.82) is 0 Å². The van der Waals surface area contributed by atoms with Crippen LogP contribution in [0.25, 0.3) is 0 Å². The van der Waals surface area contributed by atoms with Crippen molar-refractivity contribution in [2.75, 3.05) is 18.9 Å². The van der Waals surface area contributed by atoms with Gasteiger partial charge in [-0.2, -0.15) is 0 Å². The summed E-state index contributed by atoms with van der Waals surface area (Å²) < 4.78 is 46.1. The van der Waals surface area contributed by atoms with Crippen LogP contribution in [0.15, 0.2) is 21.5 Å². The van der Waals surface area contributed by atoms with E-state index >= 15 is 0 Å². The molecule has 0 aliphatic carbocycles. The summed E-state index contributed by atoms with van der Waals surface area (Å²) in [4.78, 5) is -0.126. The minimum Gasteiger partial charge on any atom is -0.398 e. The number of halogens is 2. The van der Waals surface area contributed by atoms with Gasteiger partial charge in [0.2, 0.25) is 10.0 Å². The lowest BCUT2D eigenvalue weighted by Gasteiger charge is -2.34. The first-order chi connectivity index (χ1) is 9.23. The average molecular weight is 367 g/mol. The number of anilines is 1. The lowest BCUT2D eigenvalue weighted by Crippen LogP contribution is -2.49. The fraction of sp³-hybridized carbons (Fsp3) is 0.500. The molecule has 2 rings (SSSR count). The van der Waals surface area contributed by atoms with Crippen molar-refractivity contribution in [3.8, 4) is 0 Å². The van der Waals surface area contributed by atoms with Crippen LogP contribution in [0.2, 0.25) is 0 Å². The molecule has 20 heavy (non-hydrogen) atoms. The van der Waals surface area contributed by atoms with Crippen molar-refractivity contribution in [3.05, 3.63) is 22.4 Å². The Bertz CT molecular complexity index is 615. The number of ether oxygens (including phenoxy) is 1. The van der Waals surface area contributed by atoms with Gasteiger partial charge in [0.25, 0.3) is 0 Å². The summed E-state index contributed by atoms with van der Waals surface area (Å²) in [6.07, 6.45) is 1.16. The van der Waals surface area contributed by atoms with Gasteiger partial charge < -0.3 is 10.5 Å². The summed E-state index contributed by atoms with van der Waals surface area (Å²) in [5.41, 5.74) is 4.92. The van der Waals surface area contributed by atoms with Crippen LogP contribution in [0, 0.1) is 5.82 Å². The van der Waals surface area contributed by atoms with E-state index in [2.05, 4.69) is 20.7 Å². The standard InChI is InChI=1S/C12H16BrFN2O3S/c1-12(2-4-19-5-3-12)16-20(17,18)11-6-8(13)9(14)7-10(11)15/h6-7,16H,2-5,15H2,1H3. The second-order valence-electron chi connectivity index (χ2n) is 5.08. The van der Waals surface area contributed by atoms with E-state index in [1.54, 1.807) is 0 Å². The molecule has 1 fully saturated rings. The molecule has 5 nitrogen and oxygen atoms in total. The Kier molecular flexibility index (Phi) is 4.38. The second kappa shape index (κ2) is 5.59. The number of benzene rings is 1.